The second-order valence-electron chi connectivity index (χ2n) is 7.90. The SMILES string of the molecule is Cc1nc(C(=O)N(C)C)nc(N2CC[C@@H](NCC3(C)COC3)C2)c1C. The van der Waals surface area contributed by atoms with Crippen molar-refractivity contribution >= 4 is 11.7 Å². The minimum absolute atomic E-state index is 0.156. The van der Waals surface area contributed by atoms with Crippen LogP contribution in [-0.4, -0.2) is 73.8 Å². The number of carbonyl (C=O) groups excluding carboxylic acids is 1. The van der Waals surface area contributed by atoms with Crippen molar-refractivity contribution in [3.05, 3.63) is 17.1 Å². The summed E-state index contributed by atoms with van der Waals surface area (Å²) in [5, 5.41) is 3.67. The van der Waals surface area contributed by atoms with Gasteiger partial charge in [0.05, 0.1) is 13.2 Å². The number of rotatable bonds is 5. The largest absolute Gasteiger partial charge is 0.380 e. The van der Waals surface area contributed by atoms with E-state index in [-0.39, 0.29) is 17.1 Å². The molecule has 0 radical (unpaired) electrons. The second-order valence-corrected chi connectivity index (χ2v) is 7.90. The normalized spacial score (nSPS) is 22.0. The smallest absolute Gasteiger partial charge is 0.291 e. The zero-order valence-electron chi connectivity index (χ0n) is 15.9. The van der Waals surface area contributed by atoms with Crippen molar-refractivity contribution < 1.29 is 9.53 Å². The van der Waals surface area contributed by atoms with E-state index in [2.05, 4.69) is 27.1 Å². The van der Waals surface area contributed by atoms with Crippen LogP contribution in [0.1, 0.15) is 35.2 Å². The van der Waals surface area contributed by atoms with Crippen LogP contribution < -0.4 is 10.2 Å². The molecule has 1 aromatic rings. The van der Waals surface area contributed by atoms with E-state index in [9.17, 15) is 4.79 Å². The molecule has 2 aliphatic rings. The molecule has 3 heterocycles. The molecule has 7 nitrogen and oxygen atoms in total. The summed E-state index contributed by atoms with van der Waals surface area (Å²) >= 11 is 0. The number of hydrogen-bond acceptors (Lipinski definition) is 6. The van der Waals surface area contributed by atoms with Gasteiger partial charge in [-0.25, -0.2) is 9.97 Å². The Labute approximate surface area is 149 Å². The van der Waals surface area contributed by atoms with Crippen molar-refractivity contribution in [2.75, 3.05) is 51.8 Å². The van der Waals surface area contributed by atoms with Gasteiger partial charge in [-0.2, -0.15) is 0 Å². The molecule has 0 unspecified atom stereocenters. The lowest BCUT2D eigenvalue weighted by Gasteiger charge is -2.39. The number of hydrogen-bond donors (Lipinski definition) is 1. The average molecular weight is 347 g/mol. The van der Waals surface area contributed by atoms with Gasteiger partial charge in [0.25, 0.3) is 5.91 Å². The fourth-order valence-electron chi connectivity index (χ4n) is 3.28. The zero-order chi connectivity index (χ0) is 18.2. The quantitative estimate of drug-likeness (QED) is 0.857. The molecule has 0 aromatic carbocycles. The highest BCUT2D eigenvalue weighted by Gasteiger charge is 2.35. The number of aryl methyl sites for hydroxylation is 1. The Morgan fingerprint density at radius 2 is 2.08 bits per heavy atom. The van der Waals surface area contributed by atoms with Crippen LogP contribution in [0.3, 0.4) is 0 Å². The first-order valence-corrected chi connectivity index (χ1v) is 8.92. The fraction of sp³-hybridized carbons (Fsp3) is 0.722. The molecule has 1 atom stereocenters. The van der Waals surface area contributed by atoms with Gasteiger partial charge in [0, 0.05) is 56.4 Å². The molecule has 1 amide bonds. The van der Waals surface area contributed by atoms with Crippen molar-refractivity contribution in [1.29, 1.82) is 0 Å². The molecule has 0 aliphatic carbocycles. The van der Waals surface area contributed by atoms with Crippen LogP contribution in [0.5, 0.6) is 0 Å². The number of nitrogens with zero attached hydrogens (tertiary/aromatic N) is 4. The van der Waals surface area contributed by atoms with Crippen LogP contribution >= 0.6 is 0 Å². The lowest BCUT2D eigenvalue weighted by atomic mass is 9.88. The molecule has 0 saturated carbocycles. The Morgan fingerprint density at radius 3 is 2.68 bits per heavy atom. The summed E-state index contributed by atoms with van der Waals surface area (Å²) in [7, 11) is 3.45. The van der Waals surface area contributed by atoms with Crippen molar-refractivity contribution in [1.82, 2.24) is 20.2 Å². The number of ether oxygens (including phenoxy) is 1. The first-order valence-electron chi connectivity index (χ1n) is 8.92. The molecule has 25 heavy (non-hydrogen) atoms. The number of anilines is 1. The Bertz CT molecular complexity index is 657. The molecular formula is C18H29N5O2. The van der Waals surface area contributed by atoms with E-state index in [4.69, 9.17) is 4.74 Å². The molecule has 2 saturated heterocycles. The third-order valence-electron chi connectivity index (χ3n) is 5.17. The van der Waals surface area contributed by atoms with E-state index in [0.717, 1.165) is 56.3 Å². The van der Waals surface area contributed by atoms with Gasteiger partial charge in [0.1, 0.15) is 5.82 Å². The Kier molecular flexibility index (Phi) is 4.97. The number of amides is 1. The highest BCUT2D eigenvalue weighted by Crippen LogP contribution is 2.27. The highest BCUT2D eigenvalue weighted by atomic mass is 16.5. The fourth-order valence-corrected chi connectivity index (χ4v) is 3.28. The number of carbonyl (C=O) groups is 1. The molecule has 0 spiro atoms. The summed E-state index contributed by atoms with van der Waals surface area (Å²) in [6.45, 7) is 10.7. The van der Waals surface area contributed by atoms with E-state index in [1.54, 1.807) is 14.1 Å². The Hall–Kier alpha value is -1.73. The highest BCUT2D eigenvalue weighted by molar-refractivity contribution is 5.90. The second kappa shape index (κ2) is 6.88. The summed E-state index contributed by atoms with van der Waals surface area (Å²) in [5.41, 5.74) is 2.20. The van der Waals surface area contributed by atoms with Crippen LogP contribution in [0.4, 0.5) is 5.82 Å². The lowest BCUT2D eigenvalue weighted by Crippen LogP contribution is -2.50. The molecule has 1 N–H and O–H groups in total. The van der Waals surface area contributed by atoms with E-state index >= 15 is 0 Å². The van der Waals surface area contributed by atoms with Crippen molar-refractivity contribution in [2.24, 2.45) is 5.41 Å². The Morgan fingerprint density at radius 1 is 1.36 bits per heavy atom. The molecule has 2 aliphatic heterocycles. The van der Waals surface area contributed by atoms with E-state index in [1.807, 2.05) is 13.8 Å². The molecule has 7 heteroatoms. The van der Waals surface area contributed by atoms with E-state index in [0.29, 0.717) is 6.04 Å². The van der Waals surface area contributed by atoms with Crippen molar-refractivity contribution in [3.63, 3.8) is 0 Å². The summed E-state index contributed by atoms with van der Waals surface area (Å²) in [6.07, 6.45) is 1.08. The van der Waals surface area contributed by atoms with E-state index < -0.39 is 0 Å². The predicted molar refractivity (Wildman–Crippen MR) is 97.1 cm³/mol. The van der Waals surface area contributed by atoms with Gasteiger partial charge in [0.15, 0.2) is 0 Å². The third-order valence-corrected chi connectivity index (χ3v) is 5.17. The molecule has 2 fully saturated rings. The van der Waals surface area contributed by atoms with Crippen molar-refractivity contribution in [2.45, 2.75) is 33.2 Å². The summed E-state index contributed by atoms with van der Waals surface area (Å²) in [5.74, 6) is 1.01. The van der Waals surface area contributed by atoms with Crippen LogP contribution in [0.15, 0.2) is 0 Å². The standard InChI is InChI=1S/C18H29N5O2/c1-12-13(2)20-15(17(24)22(4)5)21-16(12)23-7-6-14(8-23)19-9-18(3)10-25-11-18/h14,19H,6-11H2,1-5H3/t14-/m1/s1. The van der Waals surface area contributed by atoms with Gasteiger partial charge in [-0.05, 0) is 20.3 Å². The third kappa shape index (κ3) is 3.77. The summed E-state index contributed by atoms with van der Waals surface area (Å²) < 4.78 is 5.32. The number of aromatic nitrogens is 2. The predicted octanol–water partition coefficient (Wildman–Crippen LogP) is 1.00. The van der Waals surface area contributed by atoms with E-state index in [1.165, 1.54) is 4.90 Å². The maximum Gasteiger partial charge on any atom is 0.291 e. The molecule has 0 bridgehead atoms. The monoisotopic (exact) mass is 347 g/mol. The summed E-state index contributed by atoms with van der Waals surface area (Å²) in [4.78, 5) is 25.0. The van der Waals surface area contributed by atoms with Gasteiger partial charge in [-0.15, -0.1) is 0 Å². The molecular weight excluding hydrogens is 318 g/mol. The van der Waals surface area contributed by atoms with Gasteiger partial charge in [0.2, 0.25) is 5.82 Å². The van der Waals surface area contributed by atoms with Crippen LogP contribution in [-0.2, 0) is 4.74 Å². The molecule has 1 aromatic heterocycles. The Balaban J connectivity index is 1.70. The lowest BCUT2D eigenvalue weighted by molar-refractivity contribution is -0.0998. The minimum Gasteiger partial charge on any atom is -0.380 e. The maximum absolute atomic E-state index is 12.2. The van der Waals surface area contributed by atoms with Crippen molar-refractivity contribution in [3.8, 4) is 0 Å². The van der Waals surface area contributed by atoms with Gasteiger partial charge < -0.3 is 19.9 Å². The minimum atomic E-state index is -0.156. The molecule has 3 rings (SSSR count). The summed E-state index contributed by atoms with van der Waals surface area (Å²) in [6, 6.07) is 0.445. The van der Waals surface area contributed by atoms with Gasteiger partial charge in [-0.1, -0.05) is 6.92 Å². The van der Waals surface area contributed by atoms with Gasteiger partial charge in [-0.3, -0.25) is 4.79 Å². The average Bonchev–Trinajstić information content (AvgIpc) is 3.01. The molecule has 138 valence electrons. The van der Waals surface area contributed by atoms with Gasteiger partial charge >= 0.3 is 0 Å². The number of nitrogens with one attached hydrogen (secondary N) is 1. The van der Waals surface area contributed by atoms with Crippen LogP contribution in [0.25, 0.3) is 0 Å². The van der Waals surface area contributed by atoms with Crippen LogP contribution in [0.2, 0.25) is 0 Å². The maximum atomic E-state index is 12.2. The topological polar surface area (TPSA) is 70.6 Å². The first-order chi connectivity index (χ1) is 11.8. The van der Waals surface area contributed by atoms with Crippen LogP contribution in [0, 0.1) is 19.3 Å². The zero-order valence-corrected chi connectivity index (χ0v) is 15.9. The first kappa shape index (κ1) is 18.1.